The zero-order valence-electron chi connectivity index (χ0n) is 14.0. The second-order valence-corrected chi connectivity index (χ2v) is 7.17. The first-order valence-corrected chi connectivity index (χ1v) is 9.33. The number of hydrogen-bond donors (Lipinski definition) is 0. The normalized spacial score (nSPS) is 27.8. The van der Waals surface area contributed by atoms with Gasteiger partial charge in [-0.2, -0.15) is 0 Å². The molecule has 0 aromatic heterocycles. The maximum Gasteiger partial charge on any atom is 0.0894 e. The number of rotatable bonds is 5. The number of unbranched alkanes of at least 4 members (excludes halogenated alkanes) is 3. The van der Waals surface area contributed by atoms with Gasteiger partial charge in [0.2, 0.25) is 0 Å². The van der Waals surface area contributed by atoms with E-state index in [2.05, 4.69) is 13.8 Å². The molecule has 2 aliphatic carbocycles. The zero-order chi connectivity index (χ0) is 14.6. The lowest BCUT2D eigenvalue weighted by Gasteiger charge is -2.34. The molecule has 0 aromatic rings. The van der Waals surface area contributed by atoms with Gasteiger partial charge in [-0.05, 0) is 37.0 Å². The van der Waals surface area contributed by atoms with Gasteiger partial charge in [0.05, 0.1) is 6.67 Å². The average molecular weight is 285 g/mol. The van der Waals surface area contributed by atoms with Gasteiger partial charge in [0.15, 0.2) is 0 Å². The summed E-state index contributed by atoms with van der Waals surface area (Å²) in [6.07, 6.45) is 18.0. The van der Waals surface area contributed by atoms with Crippen LogP contribution in [0.15, 0.2) is 0 Å². The molecule has 20 heavy (non-hydrogen) atoms. The van der Waals surface area contributed by atoms with Crippen molar-refractivity contribution >= 4 is 0 Å². The molecule has 0 unspecified atom stereocenters. The van der Waals surface area contributed by atoms with Gasteiger partial charge in [0.25, 0.3) is 0 Å². The van der Waals surface area contributed by atoms with Crippen molar-refractivity contribution in [3.8, 4) is 0 Å². The Morgan fingerprint density at radius 3 is 1.90 bits per heavy atom. The molecule has 1 heteroatoms. The van der Waals surface area contributed by atoms with E-state index in [1.807, 2.05) is 0 Å². The lowest BCUT2D eigenvalue weighted by molar-refractivity contribution is 0.173. The Morgan fingerprint density at radius 1 is 0.750 bits per heavy atom. The third kappa shape index (κ3) is 7.64. The van der Waals surface area contributed by atoms with E-state index in [-0.39, 0.29) is 6.67 Å². The van der Waals surface area contributed by atoms with Crippen LogP contribution in [0, 0.1) is 17.8 Å². The summed E-state index contributed by atoms with van der Waals surface area (Å²) in [5, 5.41) is 0. The lowest BCUT2D eigenvalue weighted by atomic mass is 9.71. The van der Waals surface area contributed by atoms with E-state index in [0.29, 0.717) is 0 Å². The van der Waals surface area contributed by atoms with Gasteiger partial charge in [0, 0.05) is 0 Å². The highest BCUT2D eigenvalue weighted by Gasteiger charge is 2.26. The lowest BCUT2D eigenvalue weighted by Crippen LogP contribution is -2.22. The third-order valence-corrected chi connectivity index (χ3v) is 5.36. The van der Waals surface area contributed by atoms with Gasteiger partial charge in [-0.15, -0.1) is 0 Å². The third-order valence-electron chi connectivity index (χ3n) is 5.36. The number of hydrogen-bond acceptors (Lipinski definition) is 0. The Bertz CT molecular complexity index is 196. The molecule has 0 saturated heterocycles. The smallest absolute Gasteiger partial charge is 0.0894 e. The van der Waals surface area contributed by atoms with E-state index in [1.165, 1.54) is 44.9 Å². The van der Waals surface area contributed by atoms with Crippen LogP contribution < -0.4 is 0 Å². The number of halogens is 1. The molecule has 0 bridgehead atoms. The fraction of sp³-hybridized carbons (Fsp3) is 1.00. The van der Waals surface area contributed by atoms with E-state index in [1.54, 1.807) is 25.7 Å². The SMILES string of the molecule is CC1CCC(C2CCCCC2)CC1.CCCCCCF. The Kier molecular flexibility index (Phi) is 10.4. The van der Waals surface area contributed by atoms with Gasteiger partial charge in [-0.3, -0.25) is 4.39 Å². The summed E-state index contributed by atoms with van der Waals surface area (Å²) >= 11 is 0. The molecule has 0 spiro atoms. The van der Waals surface area contributed by atoms with Gasteiger partial charge in [-0.1, -0.05) is 78.1 Å². The second-order valence-electron chi connectivity index (χ2n) is 7.17. The van der Waals surface area contributed by atoms with Crippen molar-refractivity contribution < 1.29 is 4.39 Å². The maximum absolute atomic E-state index is 11.3. The molecule has 2 aliphatic rings. The highest BCUT2D eigenvalue weighted by atomic mass is 19.1. The Labute approximate surface area is 126 Å². The first-order chi connectivity index (χ1) is 9.77. The van der Waals surface area contributed by atoms with Gasteiger partial charge < -0.3 is 0 Å². The molecule has 0 aromatic carbocycles. The first-order valence-electron chi connectivity index (χ1n) is 9.33. The number of alkyl halides is 1. The highest BCUT2D eigenvalue weighted by Crippen LogP contribution is 2.39. The molecule has 2 saturated carbocycles. The highest BCUT2D eigenvalue weighted by molar-refractivity contribution is 4.78. The maximum atomic E-state index is 11.3. The molecule has 0 radical (unpaired) electrons. The van der Waals surface area contributed by atoms with Gasteiger partial charge in [-0.25, -0.2) is 0 Å². The van der Waals surface area contributed by atoms with Crippen LogP contribution in [0.2, 0.25) is 0 Å². The molecular formula is C19H37F. The van der Waals surface area contributed by atoms with Crippen LogP contribution in [-0.4, -0.2) is 6.67 Å². The summed E-state index contributed by atoms with van der Waals surface area (Å²) in [5.41, 5.74) is 0. The monoisotopic (exact) mass is 284 g/mol. The van der Waals surface area contributed by atoms with Crippen LogP contribution in [0.3, 0.4) is 0 Å². The van der Waals surface area contributed by atoms with Crippen molar-refractivity contribution in [2.24, 2.45) is 17.8 Å². The largest absolute Gasteiger partial charge is 0.251 e. The summed E-state index contributed by atoms with van der Waals surface area (Å²) in [6.45, 7) is 4.41. The minimum absolute atomic E-state index is 0.139. The Morgan fingerprint density at radius 2 is 1.35 bits per heavy atom. The summed E-state index contributed by atoms with van der Waals surface area (Å²) < 4.78 is 11.3. The van der Waals surface area contributed by atoms with Crippen molar-refractivity contribution in [3.05, 3.63) is 0 Å². The van der Waals surface area contributed by atoms with Crippen molar-refractivity contribution in [1.82, 2.24) is 0 Å². The summed E-state index contributed by atoms with van der Waals surface area (Å²) in [7, 11) is 0. The van der Waals surface area contributed by atoms with Crippen molar-refractivity contribution in [3.63, 3.8) is 0 Å². The van der Waals surface area contributed by atoms with Gasteiger partial charge in [0.1, 0.15) is 0 Å². The fourth-order valence-electron chi connectivity index (χ4n) is 3.88. The van der Waals surface area contributed by atoms with Crippen LogP contribution in [0.4, 0.5) is 4.39 Å². The van der Waals surface area contributed by atoms with Crippen LogP contribution in [0.25, 0.3) is 0 Å². The standard InChI is InChI=1S/C13H24.C6H13F/c1-11-7-9-13(10-8-11)12-5-3-2-4-6-12;1-2-3-4-5-6-7/h11-13H,2-10H2,1H3;2-6H2,1H3. The minimum atomic E-state index is -0.139. The Balaban J connectivity index is 0.000000246. The molecule has 0 atom stereocenters. The molecule has 2 fully saturated rings. The summed E-state index contributed by atoms with van der Waals surface area (Å²) in [6, 6.07) is 0. The van der Waals surface area contributed by atoms with E-state index in [9.17, 15) is 4.39 Å². The van der Waals surface area contributed by atoms with Crippen LogP contribution in [0.5, 0.6) is 0 Å². The van der Waals surface area contributed by atoms with Crippen LogP contribution >= 0.6 is 0 Å². The van der Waals surface area contributed by atoms with Crippen molar-refractivity contribution in [1.29, 1.82) is 0 Å². The predicted octanol–water partition coefficient (Wildman–Crippen LogP) is 6.93. The molecule has 0 nitrogen and oxygen atoms in total. The van der Waals surface area contributed by atoms with E-state index in [4.69, 9.17) is 0 Å². The summed E-state index contributed by atoms with van der Waals surface area (Å²) in [4.78, 5) is 0. The molecule has 0 aliphatic heterocycles. The van der Waals surface area contributed by atoms with E-state index >= 15 is 0 Å². The molecule has 0 amide bonds. The summed E-state index contributed by atoms with van der Waals surface area (Å²) in [5.74, 6) is 3.28. The van der Waals surface area contributed by atoms with Crippen molar-refractivity contribution in [2.45, 2.75) is 97.3 Å². The van der Waals surface area contributed by atoms with Crippen LogP contribution in [0.1, 0.15) is 97.3 Å². The van der Waals surface area contributed by atoms with Gasteiger partial charge >= 0.3 is 0 Å². The molecule has 0 N–H and O–H groups in total. The molecule has 0 heterocycles. The second kappa shape index (κ2) is 11.6. The average Bonchev–Trinajstić information content (AvgIpc) is 2.50. The topological polar surface area (TPSA) is 0 Å². The molecular weight excluding hydrogens is 247 g/mol. The fourth-order valence-corrected chi connectivity index (χ4v) is 3.88. The van der Waals surface area contributed by atoms with E-state index in [0.717, 1.165) is 30.6 Å². The quantitative estimate of drug-likeness (QED) is 0.480. The first kappa shape index (κ1) is 18.0. The zero-order valence-corrected chi connectivity index (χ0v) is 14.0. The molecule has 120 valence electrons. The van der Waals surface area contributed by atoms with Crippen LogP contribution in [-0.2, 0) is 0 Å². The predicted molar refractivity (Wildman–Crippen MR) is 87.8 cm³/mol. The molecule has 2 rings (SSSR count). The van der Waals surface area contributed by atoms with E-state index < -0.39 is 0 Å². The minimum Gasteiger partial charge on any atom is -0.251 e. The Hall–Kier alpha value is -0.0700. The van der Waals surface area contributed by atoms with Crippen molar-refractivity contribution in [2.75, 3.05) is 6.67 Å².